The van der Waals surface area contributed by atoms with Gasteiger partial charge in [-0.1, -0.05) is 27.2 Å². The molecule has 0 heterocycles. The molecular formula is C13H24O3. The molecule has 0 bridgehead atoms. The first-order valence-electron chi connectivity index (χ1n) is 6.15. The second kappa shape index (κ2) is 4.74. The van der Waals surface area contributed by atoms with Crippen molar-refractivity contribution in [1.29, 1.82) is 0 Å². The van der Waals surface area contributed by atoms with Crippen molar-refractivity contribution in [3.8, 4) is 0 Å². The van der Waals surface area contributed by atoms with Crippen LogP contribution in [0, 0.1) is 11.3 Å². The molecule has 0 saturated heterocycles. The summed E-state index contributed by atoms with van der Waals surface area (Å²) in [6.07, 6.45) is 4.14. The second-order valence-electron chi connectivity index (χ2n) is 5.78. The highest BCUT2D eigenvalue weighted by Gasteiger charge is 2.46. The predicted molar refractivity (Wildman–Crippen MR) is 63.0 cm³/mol. The van der Waals surface area contributed by atoms with Crippen LogP contribution >= 0.6 is 0 Å². The predicted octanol–water partition coefficient (Wildman–Crippen LogP) is 2.52. The van der Waals surface area contributed by atoms with Crippen molar-refractivity contribution in [3.63, 3.8) is 0 Å². The fraction of sp³-hybridized carbons (Fsp3) is 0.923. The Morgan fingerprint density at radius 3 is 2.50 bits per heavy atom. The van der Waals surface area contributed by atoms with Gasteiger partial charge in [0, 0.05) is 0 Å². The monoisotopic (exact) mass is 228 g/mol. The summed E-state index contributed by atoms with van der Waals surface area (Å²) < 4.78 is 4.79. The van der Waals surface area contributed by atoms with E-state index in [1.807, 2.05) is 6.92 Å². The molecule has 0 amide bonds. The van der Waals surface area contributed by atoms with Crippen molar-refractivity contribution >= 4 is 5.97 Å². The molecule has 0 aliphatic heterocycles. The molecule has 0 aromatic heterocycles. The van der Waals surface area contributed by atoms with Gasteiger partial charge in [0.15, 0.2) is 0 Å². The second-order valence-corrected chi connectivity index (χ2v) is 5.78. The fourth-order valence-electron chi connectivity index (χ4n) is 3.08. The van der Waals surface area contributed by atoms with Gasteiger partial charge < -0.3 is 9.84 Å². The number of carbonyl (C=O) groups is 1. The van der Waals surface area contributed by atoms with E-state index in [-0.39, 0.29) is 17.3 Å². The summed E-state index contributed by atoms with van der Waals surface area (Å²) in [5, 5.41) is 10.7. The van der Waals surface area contributed by atoms with E-state index in [1.54, 1.807) is 0 Å². The summed E-state index contributed by atoms with van der Waals surface area (Å²) in [4.78, 5) is 11.7. The van der Waals surface area contributed by atoms with Gasteiger partial charge in [-0.3, -0.25) is 4.79 Å². The first kappa shape index (κ1) is 13.5. The van der Waals surface area contributed by atoms with Crippen molar-refractivity contribution in [1.82, 2.24) is 0 Å². The van der Waals surface area contributed by atoms with E-state index in [9.17, 15) is 9.90 Å². The fourth-order valence-corrected chi connectivity index (χ4v) is 3.08. The maximum absolute atomic E-state index is 11.7. The summed E-state index contributed by atoms with van der Waals surface area (Å²) in [6.45, 7) is 6.24. The van der Waals surface area contributed by atoms with Crippen molar-refractivity contribution in [2.24, 2.45) is 11.3 Å². The standard InChI is InChI=1S/C13H24O3/c1-5-10(11(14)16-4)13(15)8-6-7-12(2,3)9-13/h10,15H,5-9H2,1-4H3. The molecule has 0 aromatic rings. The minimum absolute atomic E-state index is 0.119. The number of hydrogen-bond donors (Lipinski definition) is 1. The Kier molecular flexibility index (Phi) is 4.00. The van der Waals surface area contributed by atoms with Gasteiger partial charge in [0.2, 0.25) is 0 Å². The van der Waals surface area contributed by atoms with E-state index >= 15 is 0 Å². The number of esters is 1. The minimum Gasteiger partial charge on any atom is -0.469 e. The molecule has 1 N–H and O–H groups in total. The van der Waals surface area contributed by atoms with Crippen LogP contribution in [0.1, 0.15) is 52.9 Å². The Bertz CT molecular complexity index is 260. The van der Waals surface area contributed by atoms with Crippen LogP contribution in [0.25, 0.3) is 0 Å². The molecule has 94 valence electrons. The van der Waals surface area contributed by atoms with Gasteiger partial charge in [-0.25, -0.2) is 0 Å². The molecule has 1 aliphatic carbocycles. The van der Waals surface area contributed by atoms with Gasteiger partial charge in [-0.15, -0.1) is 0 Å². The highest BCUT2D eigenvalue weighted by atomic mass is 16.5. The quantitative estimate of drug-likeness (QED) is 0.755. The van der Waals surface area contributed by atoms with E-state index in [2.05, 4.69) is 13.8 Å². The van der Waals surface area contributed by atoms with E-state index < -0.39 is 5.60 Å². The summed E-state index contributed by atoms with van der Waals surface area (Å²) >= 11 is 0. The molecule has 3 heteroatoms. The average molecular weight is 228 g/mol. The Labute approximate surface area is 98.2 Å². The molecule has 1 aliphatic rings. The molecular weight excluding hydrogens is 204 g/mol. The summed E-state index contributed by atoms with van der Waals surface area (Å²) in [5.74, 6) is -0.653. The van der Waals surface area contributed by atoms with Gasteiger partial charge in [-0.2, -0.15) is 0 Å². The van der Waals surface area contributed by atoms with Crippen LogP contribution in [0.2, 0.25) is 0 Å². The lowest BCUT2D eigenvalue weighted by molar-refractivity contribution is -0.162. The maximum atomic E-state index is 11.7. The highest BCUT2D eigenvalue weighted by Crippen LogP contribution is 2.45. The van der Waals surface area contributed by atoms with E-state index in [1.165, 1.54) is 7.11 Å². The molecule has 0 spiro atoms. The van der Waals surface area contributed by atoms with Gasteiger partial charge in [-0.05, 0) is 31.1 Å². The molecule has 1 fully saturated rings. The van der Waals surface area contributed by atoms with Gasteiger partial charge in [0.1, 0.15) is 0 Å². The topological polar surface area (TPSA) is 46.5 Å². The summed E-state index contributed by atoms with van der Waals surface area (Å²) in [6, 6.07) is 0. The van der Waals surface area contributed by atoms with Crippen LogP contribution in [-0.4, -0.2) is 23.8 Å². The SMILES string of the molecule is CCC(C(=O)OC)C1(O)CCCC(C)(C)C1. The largest absolute Gasteiger partial charge is 0.469 e. The van der Waals surface area contributed by atoms with E-state index in [4.69, 9.17) is 4.74 Å². The van der Waals surface area contributed by atoms with Crippen LogP contribution in [-0.2, 0) is 9.53 Å². The van der Waals surface area contributed by atoms with Crippen molar-refractivity contribution in [2.45, 2.75) is 58.5 Å². The van der Waals surface area contributed by atoms with E-state index in [0.29, 0.717) is 19.3 Å². The first-order chi connectivity index (χ1) is 7.34. The Morgan fingerprint density at radius 1 is 1.44 bits per heavy atom. The third kappa shape index (κ3) is 2.76. The van der Waals surface area contributed by atoms with Crippen molar-refractivity contribution in [3.05, 3.63) is 0 Å². The number of rotatable bonds is 3. The number of carbonyl (C=O) groups excluding carboxylic acids is 1. The van der Waals surface area contributed by atoms with Crippen molar-refractivity contribution < 1.29 is 14.6 Å². The third-order valence-corrected chi connectivity index (χ3v) is 3.79. The van der Waals surface area contributed by atoms with Crippen LogP contribution in [0.15, 0.2) is 0 Å². The lowest BCUT2D eigenvalue weighted by Crippen LogP contribution is -2.48. The molecule has 2 unspecified atom stereocenters. The number of hydrogen-bond acceptors (Lipinski definition) is 3. The van der Waals surface area contributed by atoms with Crippen LogP contribution in [0.5, 0.6) is 0 Å². The zero-order chi connectivity index (χ0) is 12.4. The molecule has 1 rings (SSSR count). The van der Waals surface area contributed by atoms with Crippen molar-refractivity contribution in [2.75, 3.05) is 7.11 Å². The summed E-state index contributed by atoms with van der Waals surface area (Å²) in [5.41, 5.74) is -0.752. The number of ether oxygens (including phenoxy) is 1. The molecule has 3 nitrogen and oxygen atoms in total. The average Bonchev–Trinajstić information content (AvgIpc) is 2.15. The normalized spacial score (nSPS) is 30.8. The van der Waals surface area contributed by atoms with Gasteiger partial charge >= 0.3 is 5.97 Å². The number of methoxy groups -OCH3 is 1. The lowest BCUT2D eigenvalue weighted by Gasteiger charge is -2.44. The third-order valence-electron chi connectivity index (χ3n) is 3.79. The van der Waals surface area contributed by atoms with Crippen LogP contribution in [0.4, 0.5) is 0 Å². The van der Waals surface area contributed by atoms with Crippen LogP contribution in [0.3, 0.4) is 0 Å². The molecule has 16 heavy (non-hydrogen) atoms. The Morgan fingerprint density at radius 2 is 2.06 bits per heavy atom. The maximum Gasteiger partial charge on any atom is 0.311 e. The van der Waals surface area contributed by atoms with Gasteiger partial charge in [0.05, 0.1) is 18.6 Å². The molecule has 0 radical (unpaired) electrons. The van der Waals surface area contributed by atoms with E-state index in [0.717, 1.165) is 12.8 Å². The molecule has 1 saturated carbocycles. The smallest absolute Gasteiger partial charge is 0.311 e. The van der Waals surface area contributed by atoms with Crippen LogP contribution < -0.4 is 0 Å². The zero-order valence-corrected chi connectivity index (χ0v) is 10.9. The minimum atomic E-state index is -0.871. The Hall–Kier alpha value is -0.570. The Balaban J connectivity index is 2.85. The van der Waals surface area contributed by atoms with Gasteiger partial charge in [0.25, 0.3) is 0 Å². The number of aliphatic hydroxyl groups is 1. The zero-order valence-electron chi connectivity index (χ0n) is 10.9. The lowest BCUT2D eigenvalue weighted by atomic mass is 9.65. The molecule has 2 atom stereocenters. The highest BCUT2D eigenvalue weighted by molar-refractivity contribution is 5.73. The summed E-state index contributed by atoms with van der Waals surface area (Å²) in [7, 11) is 1.39. The first-order valence-corrected chi connectivity index (χ1v) is 6.15. The molecule has 0 aromatic carbocycles.